The number of rotatable bonds is 3. The molecule has 0 bridgehead atoms. The molecule has 3 aromatic heterocycles. The van der Waals surface area contributed by atoms with Crippen LogP contribution in [0, 0.1) is 0 Å². The summed E-state index contributed by atoms with van der Waals surface area (Å²) in [6.45, 7) is 0. The van der Waals surface area contributed by atoms with Crippen LogP contribution in [0.25, 0.3) is 16.6 Å². The molecule has 23 heavy (non-hydrogen) atoms. The summed E-state index contributed by atoms with van der Waals surface area (Å²) in [4.78, 5) is 12.1. The van der Waals surface area contributed by atoms with Gasteiger partial charge in [-0.05, 0) is 42.5 Å². The van der Waals surface area contributed by atoms with Gasteiger partial charge in [-0.15, -0.1) is 0 Å². The van der Waals surface area contributed by atoms with Crippen LogP contribution in [0.4, 0.5) is 17.5 Å². The van der Waals surface area contributed by atoms with Gasteiger partial charge >= 0.3 is 0 Å². The molecule has 0 aliphatic rings. The lowest BCUT2D eigenvalue weighted by Crippen LogP contribution is -1.99. The molecule has 4 aromatic rings. The zero-order valence-corrected chi connectivity index (χ0v) is 12.2. The molecule has 0 amide bonds. The Bertz CT molecular complexity index is 961. The summed E-state index contributed by atoms with van der Waals surface area (Å²) in [6.07, 6.45) is 7.25. The molecule has 3 N–H and O–H groups in total. The van der Waals surface area contributed by atoms with Gasteiger partial charge < -0.3 is 15.6 Å². The second kappa shape index (κ2) is 5.42. The zero-order valence-electron chi connectivity index (χ0n) is 12.2. The maximum absolute atomic E-state index is 5.60. The molecule has 6 heteroatoms. The first-order valence-corrected chi connectivity index (χ1v) is 7.17. The molecule has 0 atom stereocenters. The van der Waals surface area contributed by atoms with Crippen LogP contribution >= 0.6 is 0 Å². The summed E-state index contributed by atoms with van der Waals surface area (Å²) < 4.78 is 2.13. The molecule has 6 nitrogen and oxygen atoms in total. The van der Waals surface area contributed by atoms with Crippen LogP contribution in [-0.4, -0.2) is 19.5 Å². The lowest BCUT2D eigenvalue weighted by Gasteiger charge is -2.08. The maximum atomic E-state index is 5.60. The van der Waals surface area contributed by atoms with E-state index in [-0.39, 0.29) is 5.95 Å². The van der Waals surface area contributed by atoms with Crippen molar-refractivity contribution in [2.45, 2.75) is 0 Å². The highest BCUT2D eigenvalue weighted by atomic mass is 15.1. The fourth-order valence-electron chi connectivity index (χ4n) is 2.54. The number of pyridine rings is 1. The number of nitrogens with one attached hydrogen (secondary N) is 1. The van der Waals surface area contributed by atoms with Gasteiger partial charge in [0.05, 0.1) is 5.52 Å². The van der Waals surface area contributed by atoms with E-state index in [2.05, 4.69) is 43.0 Å². The van der Waals surface area contributed by atoms with Gasteiger partial charge in [0.1, 0.15) is 5.82 Å². The van der Waals surface area contributed by atoms with E-state index in [9.17, 15) is 0 Å². The Morgan fingerprint density at radius 1 is 0.957 bits per heavy atom. The van der Waals surface area contributed by atoms with Crippen molar-refractivity contribution in [3.63, 3.8) is 0 Å². The lowest BCUT2D eigenvalue weighted by molar-refractivity contribution is 1.11. The fourth-order valence-corrected chi connectivity index (χ4v) is 2.54. The van der Waals surface area contributed by atoms with Gasteiger partial charge in [0.25, 0.3) is 0 Å². The Morgan fingerprint density at radius 2 is 1.83 bits per heavy atom. The summed E-state index contributed by atoms with van der Waals surface area (Å²) in [5, 5.41) is 4.37. The van der Waals surface area contributed by atoms with Crippen LogP contribution in [-0.2, 0) is 0 Å². The molecule has 0 aliphatic heterocycles. The number of aromatic nitrogens is 4. The van der Waals surface area contributed by atoms with Crippen molar-refractivity contribution >= 4 is 28.4 Å². The number of hydrogen-bond acceptors (Lipinski definition) is 5. The quantitative estimate of drug-likeness (QED) is 0.607. The normalized spacial score (nSPS) is 10.8. The molecule has 1 aromatic carbocycles. The average Bonchev–Trinajstić information content (AvgIpc) is 2.99. The highest BCUT2D eigenvalue weighted by molar-refractivity contribution is 5.86. The minimum absolute atomic E-state index is 0.250. The molecular formula is C17H14N6. The Labute approximate surface area is 132 Å². The third-order valence-corrected chi connectivity index (χ3v) is 3.58. The third-order valence-electron chi connectivity index (χ3n) is 3.58. The smallest absolute Gasteiger partial charge is 0.221 e. The molecule has 112 valence electrons. The Morgan fingerprint density at radius 3 is 2.65 bits per heavy atom. The molecule has 0 unspecified atom stereocenters. The summed E-state index contributed by atoms with van der Waals surface area (Å²) in [5.74, 6) is 0.922. The molecule has 0 saturated heterocycles. The molecular weight excluding hydrogens is 288 g/mol. The first-order chi connectivity index (χ1) is 11.3. The third kappa shape index (κ3) is 2.57. The van der Waals surface area contributed by atoms with E-state index in [0.29, 0.717) is 5.82 Å². The van der Waals surface area contributed by atoms with Crippen LogP contribution in [0.15, 0.2) is 67.3 Å². The van der Waals surface area contributed by atoms with Gasteiger partial charge in [0.2, 0.25) is 5.95 Å². The molecule has 3 heterocycles. The van der Waals surface area contributed by atoms with Crippen molar-refractivity contribution in [1.82, 2.24) is 19.5 Å². The zero-order chi connectivity index (χ0) is 15.6. The number of fused-ring (bicyclic) bond motifs is 1. The predicted molar refractivity (Wildman–Crippen MR) is 90.8 cm³/mol. The van der Waals surface area contributed by atoms with Crippen molar-refractivity contribution in [3.8, 4) is 5.69 Å². The average molecular weight is 302 g/mol. The van der Waals surface area contributed by atoms with Crippen molar-refractivity contribution in [2.75, 3.05) is 11.1 Å². The predicted octanol–water partition coefficient (Wildman–Crippen LogP) is 3.14. The molecule has 0 fully saturated rings. The highest BCUT2D eigenvalue weighted by Gasteiger charge is 2.05. The monoisotopic (exact) mass is 302 g/mol. The second-order valence-electron chi connectivity index (χ2n) is 5.09. The maximum Gasteiger partial charge on any atom is 0.221 e. The topological polar surface area (TPSA) is 81.6 Å². The van der Waals surface area contributed by atoms with Crippen LogP contribution in [0.1, 0.15) is 0 Å². The standard InChI is InChI=1S/C17H14N6/c18-17-20-9-5-16(22-17)21-13-1-2-15-12(11-13)6-10-23(15)14-3-7-19-8-4-14/h1-11H,(H3,18,20,21,22). The highest BCUT2D eigenvalue weighted by Crippen LogP contribution is 2.25. The lowest BCUT2D eigenvalue weighted by atomic mass is 10.2. The van der Waals surface area contributed by atoms with Gasteiger partial charge in [0, 0.05) is 41.5 Å². The Hall–Kier alpha value is -3.41. The van der Waals surface area contributed by atoms with E-state index in [0.717, 1.165) is 22.3 Å². The second-order valence-corrected chi connectivity index (χ2v) is 5.09. The number of nitrogens with two attached hydrogens (primary N) is 1. The van der Waals surface area contributed by atoms with E-state index in [1.165, 1.54) is 0 Å². The summed E-state index contributed by atoms with van der Waals surface area (Å²) >= 11 is 0. The van der Waals surface area contributed by atoms with Gasteiger partial charge in [-0.1, -0.05) is 0 Å². The van der Waals surface area contributed by atoms with E-state index in [1.54, 1.807) is 24.7 Å². The summed E-state index contributed by atoms with van der Waals surface area (Å²) in [5.41, 5.74) is 8.76. The number of anilines is 3. The molecule has 0 spiro atoms. The van der Waals surface area contributed by atoms with E-state index in [1.807, 2.05) is 24.4 Å². The van der Waals surface area contributed by atoms with Gasteiger partial charge in [-0.2, -0.15) is 4.98 Å². The number of hydrogen-bond donors (Lipinski definition) is 2. The molecule has 0 aliphatic carbocycles. The van der Waals surface area contributed by atoms with Crippen LogP contribution in [0.5, 0.6) is 0 Å². The largest absolute Gasteiger partial charge is 0.368 e. The van der Waals surface area contributed by atoms with Gasteiger partial charge in [0.15, 0.2) is 0 Å². The van der Waals surface area contributed by atoms with Crippen LogP contribution in [0.2, 0.25) is 0 Å². The van der Waals surface area contributed by atoms with Gasteiger partial charge in [-0.25, -0.2) is 4.98 Å². The number of nitrogen functional groups attached to an aromatic ring is 1. The molecule has 4 rings (SSSR count). The van der Waals surface area contributed by atoms with Gasteiger partial charge in [-0.3, -0.25) is 4.98 Å². The minimum Gasteiger partial charge on any atom is -0.368 e. The minimum atomic E-state index is 0.250. The van der Waals surface area contributed by atoms with Crippen molar-refractivity contribution in [3.05, 3.63) is 67.3 Å². The van der Waals surface area contributed by atoms with E-state index >= 15 is 0 Å². The van der Waals surface area contributed by atoms with Crippen LogP contribution in [0.3, 0.4) is 0 Å². The Kier molecular flexibility index (Phi) is 3.12. The fraction of sp³-hybridized carbons (Fsp3) is 0. The van der Waals surface area contributed by atoms with Crippen molar-refractivity contribution < 1.29 is 0 Å². The SMILES string of the molecule is Nc1nccc(Nc2ccc3c(ccn3-c3ccncc3)c2)n1. The number of nitrogens with zero attached hydrogens (tertiary/aromatic N) is 4. The van der Waals surface area contributed by atoms with Crippen LogP contribution < -0.4 is 11.1 Å². The molecule has 0 saturated carbocycles. The van der Waals surface area contributed by atoms with E-state index < -0.39 is 0 Å². The number of benzene rings is 1. The summed E-state index contributed by atoms with van der Waals surface area (Å²) in [7, 11) is 0. The van der Waals surface area contributed by atoms with Crippen molar-refractivity contribution in [2.24, 2.45) is 0 Å². The summed E-state index contributed by atoms with van der Waals surface area (Å²) in [6, 6.07) is 14.0. The first kappa shape index (κ1) is 13.3. The Balaban J connectivity index is 1.70. The molecule has 0 radical (unpaired) electrons. The van der Waals surface area contributed by atoms with E-state index in [4.69, 9.17) is 5.73 Å². The first-order valence-electron chi connectivity index (χ1n) is 7.17. The van der Waals surface area contributed by atoms with Crippen molar-refractivity contribution in [1.29, 1.82) is 0 Å².